The number of nitriles is 1. The van der Waals surface area contributed by atoms with Crippen molar-refractivity contribution >= 4 is 28.9 Å². The van der Waals surface area contributed by atoms with E-state index in [1.807, 2.05) is 18.5 Å². The second-order valence-electron chi connectivity index (χ2n) is 4.54. The zero-order chi connectivity index (χ0) is 15.4. The number of hydrogen-bond donors (Lipinski definition) is 1. The summed E-state index contributed by atoms with van der Waals surface area (Å²) in [4.78, 5) is 0. The first-order chi connectivity index (χ1) is 10.1. The van der Waals surface area contributed by atoms with E-state index < -0.39 is 0 Å². The van der Waals surface area contributed by atoms with Crippen molar-refractivity contribution in [2.75, 3.05) is 5.32 Å². The number of anilines is 1. The zero-order valence-corrected chi connectivity index (χ0v) is 13.5. The van der Waals surface area contributed by atoms with Crippen LogP contribution in [0.5, 0.6) is 0 Å². The lowest BCUT2D eigenvalue weighted by Crippen LogP contribution is -2.08. The summed E-state index contributed by atoms with van der Waals surface area (Å²) in [5.41, 5.74) is 3.15. The Kier molecular flexibility index (Phi) is 5.11. The van der Waals surface area contributed by atoms with Crippen molar-refractivity contribution in [1.29, 1.82) is 5.26 Å². The highest BCUT2D eigenvalue weighted by Gasteiger charge is 2.14. The molecular weight excluding hydrogens is 307 g/mol. The highest BCUT2D eigenvalue weighted by Crippen LogP contribution is 2.26. The van der Waals surface area contributed by atoms with E-state index in [-0.39, 0.29) is 0 Å². The Morgan fingerprint density at radius 3 is 2.67 bits per heavy atom. The first-order valence-electron chi connectivity index (χ1n) is 6.78. The molecule has 0 bridgehead atoms. The van der Waals surface area contributed by atoms with Crippen LogP contribution in [-0.2, 0) is 19.5 Å². The molecule has 6 heteroatoms. The number of benzene rings is 1. The van der Waals surface area contributed by atoms with E-state index in [9.17, 15) is 0 Å². The molecular formula is C15H16Cl2N4. The Balaban J connectivity index is 2.20. The van der Waals surface area contributed by atoms with Gasteiger partial charge in [-0.3, -0.25) is 4.68 Å². The standard InChI is InChI=1S/C15H16Cl2N4/c1-3-12-15(17)14(21(4-2)20-12)9-19-13-6-5-10(8-18)7-11(13)16/h5-7,19H,3-4,9H2,1-2H3. The van der Waals surface area contributed by atoms with Crippen molar-refractivity contribution in [3.63, 3.8) is 0 Å². The molecule has 1 aromatic heterocycles. The molecule has 0 aliphatic rings. The van der Waals surface area contributed by atoms with Gasteiger partial charge in [-0.1, -0.05) is 30.1 Å². The van der Waals surface area contributed by atoms with E-state index in [2.05, 4.69) is 16.5 Å². The summed E-state index contributed by atoms with van der Waals surface area (Å²) in [5, 5.41) is 17.8. The molecule has 1 aromatic carbocycles. The van der Waals surface area contributed by atoms with Crippen LogP contribution in [0.3, 0.4) is 0 Å². The molecule has 0 spiro atoms. The van der Waals surface area contributed by atoms with Crippen LogP contribution in [0.15, 0.2) is 18.2 Å². The molecule has 4 nitrogen and oxygen atoms in total. The van der Waals surface area contributed by atoms with E-state index in [4.69, 9.17) is 28.5 Å². The summed E-state index contributed by atoms with van der Waals surface area (Å²) in [5.74, 6) is 0. The Labute approximate surface area is 134 Å². The number of nitrogens with zero attached hydrogens (tertiary/aromatic N) is 3. The van der Waals surface area contributed by atoms with Gasteiger partial charge >= 0.3 is 0 Å². The van der Waals surface area contributed by atoms with E-state index in [1.54, 1.807) is 18.2 Å². The van der Waals surface area contributed by atoms with E-state index in [0.29, 0.717) is 22.2 Å². The third-order valence-corrected chi connectivity index (χ3v) is 3.99. The number of rotatable bonds is 5. The van der Waals surface area contributed by atoms with Crippen molar-refractivity contribution in [2.24, 2.45) is 0 Å². The molecule has 2 aromatic rings. The molecule has 1 heterocycles. The maximum Gasteiger partial charge on any atom is 0.0992 e. The van der Waals surface area contributed by atoms with Gasteiger partial charge < -0.3 is 5.32 Å². The van der Waals surface area contributed by atoms with Gasteiger partial charge in [-0.2, -0.15) is 10.4 Å². The van der Waals surface area contributed by atoms with Crippen LogP contribution in [-0.4, -0.2) is 9.78 Å². The van der Waals surface area contributed by atoms with E-state index >= 15 is 0 Å². The maximum absolute atomic E-state index is 8.84. The van der Waals surface area contributed by atoms with Gasteiger partial charge in [-0.05, 0) is 31.5 Å². The largest absolute Gasteiger partial charge is 0.378 e. The molecule has 0 atom stereocenters. The first-order valence-corrected chi connectivity index (χ1v) is 7.53. The van der Waals surface area contributed by atoms with Gasteiger partial charge in [0.15, 0.2) is 0 Å². The van der Waals surface area contributed by atoms with Crippen molar-refractivity contribution in [1.82, 2.24) is 9.78 Å². The normalized spacial score (nSPS) is 10.4. The van der Waals surface area contributed by atoms with Crippen LogP contribution >= 0.6 is 23.2 Å². The molecule has 1 N–H and O–H groups in total. The van der Waals surface area contributed by atoms with Crippen molar-refractivity contribution in [2.45, 2.75) is 33.4 Å². The third kappa shape index (κ3) is 3.31. The van der Waals surface area contributed by atoms with Crippen molar-refractivity contribution in [3.8, 4) is 6.07 Å². The van der Waals surface area contributed by atoms with Crippen LogP contribution in [0, 0.1) is 11.3 Å². The molecule has 0 amide bonds. The number of nitrogens with one attached hydrogen (secondary N) is 1. The summed E-state index contributed by atoms with van der Waals surface area (Å²) in [6, 6.07) is 7.22. The van der Waals surface area contributed by atoms with Gasteiger partial charge in [0.05, 0.1) is 45.3 Å². The molecule has 21 heavy (non-hydrogen) atoms. The van der Waals surface area contributed by atoms with Crippen LogP contribution in [0.2, 0.25) is 10.0 Å². The minimum absolute atomic E-state index is 0.517. The van der Waals surface area contributed by atoms with E-state index in [0.717, 1.165) is 30.0 Å². The smallest absolute Gasteiger partial charge is 0.0992 e. The van der Waals surface area contributed by atoms with Crippen molar-refractivity contribution in [3.05, 3.63) is 45.2 Å². The minimum atomic E-state index is 0.517. The average Bonchev–Trinajstić information content (AvgIpc) is 2.81. The molecule has 0 saturated heterocycles. The molecule has 0 saturated carbocycles. The average molecular weight is 323 g/mol. The zero-order valence-electron chi connectivity index (χ0n) is 12.0. The second-order valence-corrected chi connectivity index (χ2v) is 5.32. The Morgan fingerprint density at radius 1 is 1.33 bits per heavy atom. The van der Waals surface area contributed by atoms with Crippen LogP contribution in [0.1, 0.15) is 30.8 Å². The van der Waals surface area contributed by atoms with Crippen molar-refractivity contribution < 1.29 is 0 Å². The quantitative estimate of drug-likeness (QED) is 0.894. The van der Waals surface area contributed by atoms with Gasteiger partial charge in [-0.15, -0.1) is 0 Å². The summed E-state index contributed by atoms with van der Waals surface area (Å²) >= 11 is 12.5. The molecule has 0 unspecified atom stereocenters. The maximum atomic E-state index is 8.84. The van der Waals surface area contributed by atoms with Crippen LogP contribution < -0.4 is 5.32 Å². The SMILES string of the molecule is CCc1nn(CC)c(CNc2ccc(C#N)cc2Cl)c1Cl. The first kappa shape index (κ1) is 15.7. The summed E-state index contributed by atoms with van der Waals surface area (Å²) < 4.78 is 1.89. The van der Waals surface area contributed by atoms with E-state index in [1.165, 1.54) is 0 Å². The molecule has 0 radical (unpaired) electrons. The fourth-order valence-corrected chi connectivity index (χ4v) is 2.68. The number of halogens is 2. The van der Waals surface area contributed by atoms with Crippen LogP contribution in [0.4, 0.5) is 5.69 Å². The summed E-state index contributed by atoms with van der Waals surface area (Å²) in [7, 11) is 0. The topological polar surface area (TPSA) is 53.6 Å². The molecule has 2 rings (SSSR count). The minimum Gasteiger partial charge on any atom is -0.378 e. The van der Waals surface area contributed by atoms with Gasteiger partial charge in [0, 0.05) is 6.54 Å². The van der Waals surface area contributed by atoms with Gasteiger partial charge in [0.1, 0.15) is 0 Å². The molecule has 110 valence electrons. The fraction of sp³-hybridized carbons (Fsp3) is 0.333. The molecule has 0 fully saturated rings. The lowest BCUT2D eigenvalue weighted by Gasteiger charge is -2.10. The lowest BCUT2D eigenvalue weighted by atomic mass is 10.2. The van der Waals surface area contributed by atoms with Gasteiger partial charge in [-0.25, -0.2) is 0 Å². The number of hydrogen-bond acceptors (Lipinski definition) is 3. The third-order valence-electron chi connectivity index (χ3n) is 3.24. The molecule has 0 aliphatic carbocycles. The predicted octanol–water partition coefficient (Wildman–Crippen LogP) is 4.26. The number of aromatic nitrogens is 2. The monoisotopic (exact) mass is 322 g/mol. The highest BCUT2D eigenvalue weighted by atomic mass is 35.5. The Morgan fingerprint density at radius 2 is 2.10 bits per heavy atom. The lowest BCUT2D eigenvalue weighted by molar-refractivity contribution is 0.619. The summed E-state index contributed by atoms with van der Waals surface area (Å²) in [6.07, 6.45) is 0.802. The Hall–Kier alpha value is -1.70. The second kappa shape index (κ2) is 6.84. The fourth-order valence-electron chi connectivity index (χ4n) is 2.09. The van der Waals surface area contributed by atoms with Crippen LogP contribution in [0.25, 0.3) is 0 Å². The number of aryl methyl sites for hydroxylation is 2. The predicted molar refractivity (Wildman–Crippen MR) is 85.8 cm³/mol. The highest BCUT2D eigenvalue weighted by molar-refractivity contribution is 6.33. The summed E-state index contributed by atoms with van der Waals surface area (Å²) in [6.45, 7) is 5.35. The molecule has 0 aliphatic heterocycles. The van der Waals surface area contributed by atoms with Gasteiger partial charge in [0.25, 0.3) is 0 Å². The Bertz CT molecular complexity index is 686. The van der Waals surface area contributed by atoms with Gasteiger partial charge in [0.2, 0.25) is 0 Å².